The van der Waals surface area contributed by atoms with Crippen LogP contribution in [0.2, 0.25) is 5.28 Å². The minimum atomic E-state index is -5.32. The number of rotatable bonds is 10. The fourth-order valence-corrected chi connectivity index (χ4v) is 7.17. The van der Waals surface area contributed by atoms with Crippen molar-refractivity contribution in [2.24, 2.45) is 10.2 Å². The molecule has 0 fully saturated rings. The Labute approximate surface area is 296 Å². The predicted molar refractivity (Wildman–Crippen MR) is 179 cm³/mol. The lowest BCUT2D eigenvalue weighted by Crippen LogP contribution is -2.08. The molecule has 274 valence electrons. The van der Waals surface area contributed by atoms with Gasteiger partial charge in [0.1, 0.15) is 26.1 Å². The molecule has 0 amide bonds. The van der Waals surface area contributed by atoms with Gasteiger partial charge in [0.2, 0.25) is 17.2 Å². The van der Waals surface area contributed by atoms with Crippen molar-refractivity contribution in [3.63, 3.8) is 0 Å². The van der Waals surface area contributed by atoms with E-state index in [9.17, 15) is 62.1 Å². The number of aromatic hydroxyl groups is 2. The Kier molecular flexibility index (Phi) is 9.73. The molecule has 0 saturated carbocycles. The largest absolute Gasteiger partial charge is 0.505 e. The number of hydrogen-bond acceptors (Lipinski definition) is 18. The number of fused-ring (bicyclic) bond motifs is 1. The number of nitrogens with one attached hydrogen (secondary N) is 2. The summed E-state index contributed by atoms with van der Waals surface area (Å²) in [6, 6.07) is 8.72. The van der Waals surface area contributed by atoms with Gasteiger partial charge < -0.3 is 26.6 Å². The zero-order valence-corrected chi connectivity index (χ0v) is 29.0. The maximum absolute atomic E-state index is 12.3. The maximum Gasteiger partial charge on any atom is 0.298 e. The van der Waals surface area contributed by atoms with Gasteiger partial charge in [0.15, 0.2) is 11.5 Å². The van der Waals surface area contributed by atoms with E-state index in [0.717, 1.165) is 12.1 Å². The third-order valence-corrected chi connectivity index (χ3v) is 10.2. The fraction of sp³-hybridized carbons (Fsp3) is 0. The SMILES string of the molecule is Nc1nc(Cl)nc(Nc2ccc(Nc3ccc4c(O)c(N=Nc5cc(S(=O)(=O)O)cc(S(=O)(=O)O)c5O)c(S(=O)(=O)O)cc4c3)cc2S(=O)(=O)O)n1. The Bertz CT molecular complexity index is 2780. The molecule has 10 N–H and O–H groups in total. The summed E-state index contributed by atoms with van der Waals surface area (Å²) in [4.78, 5) is 6.73. The number of azo groups is 1. The molecular weight excluding hydrogens is 800 g/mol. The Morgan fingerprint density at radius 3 is 1.85 bits per heavy atom. The van der Waals surface area contributed by atoms with Crippen molar-refractivity contribution in [3.8, 4) is 11.5 Å². The van der Waals surface area contributed by atoms with Gasteiger partial charge in [0, 0.05) is 16.8 Å². The number of benzene rings is 4. The van der Waals surface area contributed by atoms with E-state index >= 15 is 0 Å². The van der Waals surface area contributed by atoms with Gasteiger partial charge in [-0.25, -0.2) is 0 Å². The molecule has 52 heavy (non-hydrogen) atoms. The molecular formula is C25H19ClN8O14S4. The van der Waals surface area contributed by atoms with Gasteiger partial charge in [0.25, 0.3) is 40.5 Å². The number of nitrogens with zero attached hydrogens (tertiary/aromatic N) is 5. The Morgan fingerprint density at radius 2 is 1.25 bits per heavy atom. The second-order valence-electron chi connectivity index (χ2n) is 10.1. The number of nitrogens with two attached hydrogens (primary N) is 1. The maximum atomic E-state index is 12.3. The highest BCUT2D eigenvalue weighted by Gasteiger charge is 2.26. The van der Waals surface area contributed by atoms with Crippen LogP contribution >= 0.6 is 11.6 Å². The van der Waals surface area contributed by atoms with Crippen LogP contribution in [0.5, 0.6) is 11.5 Å². The molecule has 22 nitrogen and oxygen atoms in total. The lowest BCUT2D eigenvalue weighted by Gasteiger charge is -2.14. The molecule has 0 aliphatic rings. The first kappa shape index (κ1) is 37.9. The lowest BCUT2D eigenvalue weighted by molar-refractivity contribution is 0.442. The smallest absolute Gasteiger partial charge is 0.298 e. The van der Waals surface area contributed by atoms with Crippen LogP contribution in [-0.4, -0.2) is 77.0 Å². The summed E-state index contributed by atoms with van der Waals surface area (Å²) in [5, 5.41) is 33.0. The van der Waals surface area contributed by atoms with Crippen LogP contribution in [0, 0.1) is 0 Å². The van der Waals surface area contributed by atoms with Crippen LogP contribution in [0.25, 0.3) is 10.8 Å². The molecule has 1 aromatic heterocycles. The van der Waals surface area contributed by atoms with Crippen molar-refractivity contribution in [1.29, 1.82) is 0 Å². The summed E-state index contributed by atoms with van der Waals surface area (Å²) in [5.41, 5.74) is 3.46. The highest BCUT2D eigenvalue weighted by atomic mass is 35.5. The monoisotopic (exact) mass is 818 g/mol. The first-order chi connectivity index (χ1) is 23.9. The summed E-state index contributed by atoms with van der Waals surface area (Å²) in [5.74, 6) is -2.88. The first-order valence-corrected chi connectivity index (χ1v) is 19.4. The molecule has 1 heterocycles. The number of nitrogen functional groups attached to an aromatic ring is 1. The average molecular weight is 819 g/mol. The molecule has 0 aliphatic carbocycles. The third-order valence-electron chi connectivity index (χ3n) is 6.61. The first-order valence-electron chi connectivity index (χ1n) is 13.3. The second-order valence-corrected chi connectivity index (χ2v) is 16.1. The lowest BCUT2D eigenvalue weighted by atomic mass is 10.1. The molecule has 5 aromatic rings. The van der Waals surface area contributed by atoms with Gasteiger partial charge in [-0.1, -0.05) is 0 Å². The van der Waals surface area contributed by atoms with Crippen LogP contribution in [0.4, 0.5) is 40.3 Å². The van der Waals surface area contributed by atoms with E-state index < -0.39 is 82.9 Å². The Morgan fingerprint density at radius 1 is 0.635 bits per heavy atom. The second kappa shape index (κ2) is 13.3. The van der Waals surface area contributed by atoms with Crippen molar-refractivity contribution in [2.75, 3.05) is 16.4 Å². The molecule has 0 atom stereocenters. The molecule has 0 saturated heterocycles. The van der Waals surface area contributed by atoms with E-state index in [-0.39, 0.29) is 51.1 Å². The predicted octanol–water partition coefficient (Wildman–Crippen LogP) is 3.56. The van der Waals surface area contributed by atoms with E-state index in [4.69, 9.17) is 17.3 Å². The molecule has 0 bridgehead atoms. The molecule has 0 spiro atoms. The van der Waals surface area contributed by atoms with Gasteiger partial charge in [0.05, 0.1) is 10.6 Å². The summed E-state index contributed by atoms with van der Waals surface area (Å²) in [6.45, 7) is 0. The van der Waals surface area contributed by atoms with Crippen LogP contribution in [0.15, 0.2) is 84.4 Å². The number of aromatic nitrogens is 3. The van der Waals surface area contributed by atoms with Gasteiger partial charge in [-0.2, -0.15) is 48.6 Å². The van der Waals surface area contributed by atoms with Gasteiger partial charge in [-0.05, 0) is 71.6 Å². The van der Waals surface area contributed by atoms with Crippen LogP contribution < -0.4 is 16.4 Å². The minimum absolute atomic E-state index is 0.0477. The molecule has 0 unspecified atom stereocenters. The van der Waals surface area contributed by atoms with Gasteiger partial charge in [-0.15, -0.1) is 10.2 Å². The normalized spacial score (nSPS) is 12.7. The van der Waals surface area contributed by atoms with Crippen molar-refractivity contribution >= 4 is 103 Å². The Hall–Kier alpha value is -5.32. The van der Waals surface area contributed by atoms with Crippen molar-refractivity contribution in [3.05, 3.63) is 59.9 Å². The summed E-state index contributed by atoms with van der Waals surface area (Å²) in [7, 11) is -20.6. The molecule has 27 heteroatoms. The van der Waals surface area contributed by atoms with Crippen molar-refractivity contribution in [2.45, 2.75) is 19.6 Å². The van der Waals surface area contributed by atoms with Crippen molar-refractivity contribution < 1.29 is 62.1 Å². The summed E-state index contributed by atoms with van der Waals surface area (Å²) in [6.07, 6.45) is 0. The fourth-order valence-electron chi connectivity index (χ4n) is 4.44. The van der Waals surface area contributed by atoms with E-state index in [2.05, 4.69) is 35.8 Å². The van der Waals surface area contributed by atoms with Crippen molar-refractivity contribution in [1.82, 2.24) is 15.0 Å². The quantitative estimate of drug-likeness (QED) is 0.0718. The van der Waals surface area contributed by atoms with Crippen LogP contribution in [-0.2, 0) is 40.5 Å². The highest BCUT2D eigenvalue weighted by molar-refractivity contribution is 7.87. The number of hydrogen-bond donors (Lipinski definition) is 9. The number of anilines is 5. The summed E-state index contributed by atoms with van der Waals surface area (Å²) >= 11 is 5.75. The van der Waals surface area contributed by atoms with E-state index in [1.54, 1.807) is 0 Å². The highest BCUT2D eigenvalue weighted by Crippen LogP contribution is 2.44. The topological polar surface area (TPSA) is 371 Å². The zero-order chi connectivity index (χ0) is 38.6. The number of phenols is 2. The van der Waals surface area contributed by atoms with Gasteiger partial charge in [-0.3, -0.25) is 18.2 Å². The van der Waals surface area contributed by atoms with E-state index in [0.29, 0.717) is 6.07 Å². The minimum Gasteiger partial charge on any atom is -0.505 e. The van der Waals surface area contributed by atoms with Crippen LogP contribution in [0.3, 0.4) is 0 Å². The third kappa shape index (κ3) is 8.25. The molecule has 0 aliphatic heterocycles. The molecule has 5 rings (SSSR count). The molecule has 0 radical (unpaired) electrons. The molecule has 4 aromatic carbocycles. The van der Waals surface area contributed by atoms with E-state index in [1.807, 2.05) is 0 Å². The number of halogens is 1. The summed E-state index contributed by atoms with van der Waals surface area (Å²) < 4.78 is 134. The van der Waals surface area contributed by atoms with Crippen LogP contribution in [0.1, 0.15) is 0 Å². The van der Waals surface area contributed by atoms with Gasteiger partial charge >= 0.3 is 0 Å². The average Bonchev–Trinajstić information content (AvgIpc) is 2.99. The number of phenolic OH excluding ortho intramolecular Hbond substituents is 2. The standard InChI is InChI=1S/C25H19ClN8O14S4/c26-23-30-24(27)32-25(31-23)29-15-4-2-12(7-17(15)50(40,41)42)28-11-1-3-14-10(5-11)6-18(51(43,44)45)20(21(14)35)34-33-16-8-13(49(37,38)39)9-19(22(16)36)52(46,47)48/h1-9,28,35-36H,(H,37,38,39)(H,40,41,42)(H,43,44,45)(H,46,47,48)(H3,27,29,30,31,32). The Balaban J connectivity index is 1.57. The zero-order valence-electron chi connectivity index (χ0n) is 25.0. The van der Waals surface area contributed by atoms with E-state index in [1.165, 1.54) is 30.3 Å².